The molecule has 0 radical (unpaired) electrons. The molecule has 0 bridgehead atoms. The Bertz CT molecular complexity index is 421. The van der Waals surface area contributed by atoms with Crippen molar-refractivity contribution >= 4 is 23.5 Å². The summed E-state index contributed by atoms with van der Waals surface area (Å²) in [5.74, 6) is 1.45. The largest absolute Gasteiger partial charge is 0.497 e. The number of hydrazone groups is 1. The number of benzene rings is 1. The lowest BCUT2D eigenvalue weighted by Gasteiger charge is -2.07. The minimum absolute atomic E-state index is 0.447. The lowest BCUT2D eigenvalue weighted by Crippen LogP contribution is -2.28. The first kappa shape index (κ1) is 13.2. The highest BCUT2D eigenvalue weighted by Gasteiger charge is 2.02. The lowest BCUT2D eigenvalue weighted by molar-refractivity contribution is 0.402. The second kappa shape index (κ2) is 6.70. The Morgan fingerprint density at radius 3 is 2.71 bits per heavy atom. The number of hydrogen-bond donors (Lipinski definition) is 2. The third kappa shape index (κ3) is 3.92. The van der Waals surface area contributed by atoms with Crippen LogP contribution in [0.3, 0.4) is 0 Å². The smallest absolute Gasteiger partial charge is 0.186 e. The van der Waals surface area contributed by atoms with Gasteiger partial charge >= 0.3 is 0 Å². The molecule has 0 aliphatic rings. The van der Waals surface area contributed by atoms with E-state index < -0.39 is 0 Å². The zero-order valence-electron chi connectivity index (χ0n) is 9.98. The number of nitrogens with zero attached hydrogens (tertiary/aromatic N) is 1. The van der Waals surface area contributed by atoms with Crippen LogP contribution in [0.5, 0.6) is 11.5 Å². The topological polar surface area (TPSA) is 54.9 Å². The molecule has 1 rings (SSSR count). The first-order valence-corrected chi connectivity index (χ1v) is 5.35. The van der Waals surface area contributed by atoms with E-state index in [0.29, 0.717) is 10.9 Å². The van der Waals surface area contributed by atoms with Gasteiger partial charge in [-0.2, -0.15) is 5.10 Å². The maximum atomic E-state index is 5.21. The predicted octanol–water partition coefficient (Wildman–Crippen LogP) is 1.13. The summed E-state index contributed by atoms with van der Waals surface area (Å²) in [7, 11) is 4.93. The minimum atomic E-state index is 0.447. The summed E-state index contributed by atoms with van der Waals surface area (Å²) in [6.45, 7) is 0. The fourth-order valence-electron chi connectivity index (χ4n) is 1.16. The molecule has 0 saturated carbocycles. The van der Waals surface area contributed by atoms with E-state index in [2.05, 4.69) is 15.8 Å². The van der Waals surface area contributed by atoms with Gasteiger partial charge in [-0.15, -0.1) is 0 Å². The highest BCUT2D eigenvalue weighted by Crippen LogP contribution is 2.22. The molecular formula is C11H15N3O2S. The zero-order valence-corrected chi connectivity index (χ0v) is 10.8. The Balaban J connectivity index is 2.83. The molecular weight excluding hydrogens is 238 g/mol. The normalized spacial score (nSPS) is 10.1. The van der Waals surface area contributed by atoms with Crippen molar-refractivity contribution < 1.29 is 9.47 Å². The van der Waals surface area contributed by atoms with Crippen LogP contribution < -0.4 is 20.2 Å². The van der Waals surface area contributed by atoms with Gasteiger partial charge in [0.25, 0.3) is 0 Å². The zero-order chi connectivity index (χ0) is 12.7. The van der Waals surface area contributed by atoms with Gasteiger partial charge in [-0.3, -0.25) is 5.43 Å². The lowest BCUT2D eigenvalue weighted by atomic mass is 10.2. The summed E-state index contributed by atoms with van der Waals surface area (Å²) in [6, 6.07) is 5.46. The number of rotatable bonds is 4. The van der Waals surface area contributed by atoms with Crippen molar-refractivity contribution in [2.24, 2.45) is 5.10 Å². The van der Waals surface area contributed by atoms with Crippen LogP contribution in [0, 0.1) is 0 Å². The van der Waals surface area contributed by atoms with Crippen LogP contribution >= 0.6 is 12.2 Å². The first-order valence-electron chi connectivity index (χ1n) is 4.94. The van der Waals surface area contributed by atoms with Gasteiger partial charge in [-0.05, 0) is 30.4 Å². The number of hydrogen-bond acceptors (Lipinski definition) is 4. The Kier molecular flexibility index (Phi) is 5.22. The molecule has 0 aromatic heterocycles. The average molecular weight is 253 g/mol. The van der Waals surface area contributed by atoms with Crippen molar-refractivity contribution in [2.45, 2.75) is 0 Å². The van der Waals surface area contributed by atoms with E-state index in [1.807, 2.05) is 18.2 Å². The summed E-state index contributed by atoms with van der Waals surface area (Å²) in [6.07, 6.45) is 1.62. The minimum Gasteiger partial charge on any atom is -0.497 e. The van der Waals surface area contributed by atoms with Gasteiger partial charge in [0, 0.05) is 12.6 Å². The highest BCUT2D eigenvalue weighted by atomic mass is 32.1. The number of nitrogens with one attached hydrogen (secondary N) is 2. The number of methoxy groups -OCH3 is 2. The highest BCUT2D eigenvalue weighted by molar-refractivity contribution is 7.80. The maximum absolute atomic E-state index is 5.21. The molecule has 92 valence electrons. The third-order valence-corrected chi connectivity index (χ3v) is 2.33. The Labute approximate surface area is 106 Å². The molecule has 5 nitrogen and oxygen atoms in total. The molecule has 2 N–H and O–H groups in total. The van der Waals surface area contributed by atoms with Crippen molar-refractivity contribution in [3.05, 3.63) is 23.8 Å². The molecule has 0 aliphatic carbocycles. The second-order valence-electron chi connectivity index (χ2n) is 3.06. The molecule has 17 heavy (non-hydrogen) atoms. The fraction of sp³-hybridized carbons (Fsp3) is 0.273. The van der Waals surface area contributed by atoms with E-state index in [-0.39, 0.29) is 0 Å². The van der Waals surface area contributed by atoms with Gasteiger partial charge in [0.2, 0.25) is 0 Å². The summed E-state index contributed by atoms with van der Waals surface area (Å²) in [4.78, 5) is 0. The van der Waals surface area contributed by atoms with E-state index in [9.17, 15) is 0 Å². The van der Waals surface area contributed by atoms with Crippen LogP contribution in [0.1, 0.15) is 5.56 Å². The van der Waals surface area contributed by atoms with Crippen molar-refractivity contribution in [3.8, 4) is 11.5 Å². The van der Waals surface area contributed by atoms with E-state index in [4.69, 9.17) is 21.7 Å². The van der Waals surface area contributed by atoms with Gasteiger partial charge in [-0.25, -0.2) is 0 Å². The monoisotopic (exact) mass is 253 g/mol. The van der Waals surface area contributed by atoms with E-state index >= 15 is 0 Å². The van der Waals surface area contributed by atoms with Crippen molar-refractivity contribution in [1.82, 2.24) is 10.7 Å². The van der Waals surface area contributed by atoms with Crippen LogP contribution in [0.15, 0.2) is 23.3 Å². The quantitative estimate of drug-likeness (QED) is 0.478. The number of thiocarbonyl (C=S) groups is 1. The Morgan fingerprint density at radius 1 is 1.35 bits per heavy atom. The van der Waals surface area contributed by atoms with E-state index in [1.165, 1.54) is 0 Å². The molecule has 0 saturated heterocycles. The average Bonchev–Trinajstić information content (AvgIpc) is 2.38. The molecule has 0 atom stereocenters. The maximum Gasteiger partial charge on any atom is 0.186 e. The molecule has 6 heteroatoms. The van der Waals surface area contributed by atoms with E-state index in [1.54, 1.807) is 27.5 Å². The third-order valence-electron chi connectivity index (χ3n) is 2.03. The summed E-state index contributed by atoms with van der Waals surface area (Å²) in [5, 5.41) is 7.18. The molecule has 1 aromatic rings. The predicted molar refractivity (Wildman–Crippen MR) is 71.9 cm³/mol. The Morgan fingerprint density at radius 2 is 2.12 bits per heavy atom. The second-order valence-corrected chi connectivity index (χ2v) is 3.47. The Hall–Kier alpha value is -1.82. The van der Waals surface area contributed by atoms with Crippen LogP contribution in [0.2, 0.25) is 0 Å². The first-order chi connectivity index (χ1) is 8.21. The standard InChI is InChI=1S/C11H15N3O2S/c1-12-11(17)14-13-7-8-6-9(15-2)4-5-10(8)16-3/h4-7H,1-3H3,(H2,12,14,17). The van der Waals surface area contributed by atoms with Crippen LogP contribution in [-0.4, -0.2) is 32.6 Å². The van der Waals surface area contributed by atoms with Crippen LogP contribution in [0.25, 0.3) is 0 Å². The molecule has 1 aromatic carbocycles. The molecule has 0 spiro atoms. The molecule has 0 unspecified atom stereocenters. The van der Waals surface area contributed by atoms with Gasteiger partial charge in [0.15, 0.2) is 5.11 Å². The SMILES string of the molecule is CNC(=S)NN=Cc1cc(OC)ccc1OC. The summed E-state index contributed by atoms with van der Waals surface area (Å²) in [5.41, 5.74) is 3.47. The number of ether oxygens (including phenoxy) is 2. The van der Waals surface area contributed by atoms with Crippen LogP contribution in [-0.2, 0) is 0 Å². The fourth-order valence-corrected chi connectivity index (χ4v) is 1.21. The molecule has 0 amide bonds. The van der Waals surface area contributed by atoms with Crippen molar-refractivity contribution in [2.75, 3.05) is 21.3 Å². The van der Waals surface area contributed by atoms with Crippen LogP contribution in [0.4, 0.5) is 0 Å². The van der Waals surface area contributed by atoms with Gasteiger partial charge in [0.05, 0.1) is 20.4 Å². The van der Waals surface area contributed by atoms with Gasteiger partial charge in [0.1, 0.15) is 11.5 Å². The van der Waals surface area contributed by atoms with Crippen molar-refractivity contribution in [1.29, 1.82) is 0 Å². The molecule has 0 heterocycles. The molecule has 0 fully saturated rings. The van der Waals surface area contributed by atoms with Gasteiger partial charge < -0.3 is 14.8 Å². The summed E-state index contributed by atoms with van der Waals surface area (Å²) < 4.78 is 10.3. The summed E-state index contributed by atoms with van der Waals surface area (Å²) >= 11 is 4.89. The van der Waals surface area contributed by atoms with Crippen molar-refractivity contribution in [3.63, 3.8) is 0 Å². The molecule has 0 aliphatic heterocycles. The van der Waals surface area contributed by atoms with Gasteiger partial charge in [-0.1, -0.05) is 0 Å². The van der Waals surface area contributed by atoms with E-state index in [0.717, 1.165) is 11.3 Å².